The molecule has 0 saturated carbocycles. The molecule has 0 aliphatic carbocycles. The average molecular weight is 272 g/mol. The van der Waals surface area contributed by atoms with E-state index in [0.29, 0.717) is 6.07 Å². The van der Waals surface area contributed by atoms with Crippen LogP contribution in [0, 0.1) is 17.5 Å². The number of benzene rings is 1. The largest absolute Gasteiger partial charge is 0.462 e. The Bertz CT molecular complexity index is 611. The Hall–Kier alpha value is -2.15. The van der Waals surface area contributed by atoms with Crippen molar-refractivity contribution in [3.05, 3.63) is 40.9 Å². The van der Waals surface area contributed by atoms with Gasteiger partial charge in [-0.15, -0.1) is 0 Å². The summed E-state index contributed by atoms with van der Waals surface area (Å²) in [5.74, 6) is -6.38. The third-order valence-corrected chi connectivity index (χ3v) is 2.60. The molecule has 4 nitrogen and oxygen atoms in total. The van der Waals surface area contributed by atoms with Gasteiger partial charge in [0.2, 0.25) is 17.4 Å². The van der Waals surface area contributed by atoms with E-state index < -0.39 is 34.8 Å². The molecular weight excluding hydrogens is 263 g/mol. The second kappa shape index (κ2) is 4.85. The van der Waals surface area contributed by atoms with Crippen molar-refractivity contribution in [2.45, 2.75) is 6.92 Å². The maximum absolute atomic E-state index is 13.4. The second-order valence-electron chi connectivity index (χ2n) is 3.74. The van der Waals surface area contributed by atoms with E-state index in [1.54, 1.807) is 6.92 Å². The van der Waals surface area contributed by atoms with Crippen LogP contribution in [-0.4, -0.2) is 18.4 Å². The van der Waals surface area contributed by atoms with Gasteiger partial charge >= 0.3 is 5.97 Å². The lowest BCUT2D eigenvalue weighted by Crippen LogP contribution is -2.74. The van der Waals surface area contributed by atoms with E-state index in [4.69, 9.17) is 0 Å². The standard InChI is InChI=1S/C12H8F3NO3/c1-2-19-12(18)6-4-16-10-5(11(6)17)3-7(13)8(14)9(10)15/h3-4H,2H2,1H3,(H,16,17)/p+1. The Morgan fingerprint density at radius 1 is 1.32 bits per heavy atom. The molecule has 0 amide bonds. The fourth-order valence-electron chi connectivity index (χ4n) is 1.72. The van der Waals surface area contributed by atoms with Gasteiger partial charge < -0.3 is 4.74 Å². The number of carbonyl (C=O) groups is 2. The normalized spacial score (nSPS) is 13.9. The average Bonchev–Trinajstić information content (AvgIpc) is 2.38. The summed E-state index contributed by atoms with van der Waals surface area (Å²) >= 11 is 0. The summed E-state index contributed by atoms with van der Waals surface area (Å²) in [6.07, 6.45) is 1.03. The molecule has 0 aromatic heterocycles. The highest BCUT2D eigenvalue weighted by Gasteiger charge is 2.34. The fraction of sp³-hybridized carbons (Fsp3) is 0.167. The summed E-state index contributed by atoms with van der Waals surface area (Å²) in [7, 11) is 0. The first-order valence-corrected chi connectivity index (χ1v) is 5.41. The van der Waals surface area contributed by atoms with E-state index in [9.17, 15) is 22.8 Å². The van der Waals surface area contributed by atoms with Crippen LogP contribution < -0.4 is 5.32 Å². The minimum absolute atomic E-state index is 0.0580. The lowest BCUT2D eigenvalue weighted by molar-refractivity contribution is -0.500. The quantitative estimate of drug-likeness (QED) is 0.377. The molecule has 1 aliphatic heterocycles. The Morgan fingerprint density at radius 3 is 2.63 bits per heavy atom. The molecule has 1 aromatic carbocycles. The Labute approximate surface area is 105 Å². The van der Waals surface area contributed by atoms with Gasteiger partial charge in [0.25, 0.3) is 0 Å². The number of quaternary nitrogens is 1. The van der Waals surface area contributed by atoms with E-state index in [0.717, 1.165) is 11.5 Å². The zero-order valence-corrected chi connectivity index (χ0v) is 9.80. The zero-order chi connectivity index (χ0) is 14.2. The number of fused-ring (bicyclic) bond motifs is 1. The Balaban J connectivity index is 2.48. The van der Waals surface area contributed by atoms with Gasteiger partial charge in [0.1, 0.15) is 6.20 Å². The molecule has 1 heterocycles. The van der Waals surface area contributed by atoms with E-state index in [1.165, 1.54) is 0 Å². The number of halogens is 3. The van der Waals surface area contributed by atoms with Gasteiger partial charge in [-0.25, -0.2) is 13.6 Å². The molecule has 1 aromatic rings. The number of hydrogen-bond acceptors (Lipinski definition) is 3. The number of esters is 1. The maximum Gasteiger partial charge on any atom is 0.347 e. The third kappa shape index (κ3) is 2.12. The minimum atomic E-state index is -1.66. The van der Waals surface area contributed by atoms with Crippen molar-refractivity contribution in [1.29, 1.82) is 0 Å². The number of ketones is 1. The molecule has 0 atom stereocenters. The SMILES string of the molecule is CCOC(=O)C1=C[NH2+]c2c(cc(F)c(F)c2F)C1=O. The minimum Gasteiger partial charge on any atom is -0.462 e. The van der Waals surface area contributed by atoms with Gasteiger partial charge in [0, 0.05) is 0 Å². The highest BCUT2D eigenvalue weighted by atomic mass is 19.2. The number of Topliss-reactive ketones (excluding diaryl/α,β-unsaturated/α-hetero) is 1. The molecule has 0 bridgehead atoms. The summed E-state index contributed by atoms with van der Waals surface area (Å²) < 4.78 is 44.2. The summed E-state index contributed by atoms with van der Waals surface area (Å²) in [6.45, 7) is 1.61. The second-order valence-corrected chi connectivity index (χ2v) is 3.74. The van der Waals surface area contributed by atoms with Gasteiger partial charge in [0.15, 0.2) is 17.1 Å². The fourth-order valence-corrected chi connectivity index (χ4v) is 1.72. The molecule has 1 aliphatic rings. The Morgan fingerprint density at radius 2 is 2.00 bits per heavy atom. The molecule has 2 rings (SSSR count). The summed E-state index contributed by atoms with van der Waals surface area (Å²) in [5, 5.41) is 1.04. The Kier molecular flexibility index (Phi) is 3.39. The molecule has 7 heteroatoms. The predicted molar refractivity (Wildman–Crippen MR) is 56.9 cm³/mol. The van der Waals surface area contributed by atoms with Crippen LogP contribution in [0.25, 0.3) is 0 Å². The molecular formula is C12H9F3NO3+. The van der Waals surface area contributed by atoms with Crippen molar-refractivity contribution in [1.82, 2.24) is 0 Å². The van der Waals surface area contributed by atoms with E-state index in [1.807, 2.05) is 0 Å². The van der Waals surface area contributed by atoms with E-state index in [-0.39, 0.29) is 17.9 Å². The van der Waals surface area contributed by atoms with Crippen LogP contribution in [0.15, 0.2) is 17.8 Å². The molecule has 2 N–H and O–H groups in total. The molecule has 0 saturated heterocycles. The summed E-state index contributed by atoms with van der Waals surface area (Å²) in [4.78, 5) is 23.4. The van der Waals surface area contributed by atoms with Gasteiger partial charge in [-0.05, 0) is 13.0 Å². The van der Waals surface area contributed by atoms with Gasteiger partial charge in [-0.3, -0.25) is 10.1 Å². The number of hydrogen-bond donors (Lipinski definition) is 1. The first-order chi connectivity index (χ1) is 8.97. The van der Waals surface area contributed by atoms with Gasteiger partial charge in [0.05, 0.1) is 12.2 Å². The van der Waals surface area contributed by atoms with Gasteiger partial charge in [-0.1, -0.05) is 0 Å². The molecule has 0 unspecified atom stereocenters. The van der Waals surface area contributed by atoms with E-state index in [2.05, 4.69) is 4.74 Å². The third-order valence-electron chi connectivity index (χ3n) is 2.60. The van der Waals surface area contributed by atoms with Crippen LogP contribution in [0.1, 0.15) is 17.3 Å². The highest BCUT2D eigenvalue weighted by Crippen LogP contribution is 2.25. The van der Waals surface area contributed by atoms with Crippen molar-refractivity contribution in [2.24, 2.45) is 0 Å². The number of ether oxygens (including phenoxy) is 1. The predicted octanol–water partition coefficient (Wildman–Crippen LogP) is 0.942. The number of nitrogens with two attached hydrogens (primary N) is 1. The summed E-state index contributed by atoms with van der Waals surface area (Å²) in [6, 6.07) is 0.568. The van der Waals surface area contributed by atoms with Crippen LogP contribution in [0.4, 0.5) is 18.9 Å². The van der Waals surface area contributed by atoms with Crippen molar-refractivity contribution < 1.29 is 32.8 Å². The number of rotatable bonds is 2. The highest BCUT2D eigenvalue weighted by molar-refractivity contribution is 6.25. The van der Waals surface area contributed by atoms with Crippen molar-refractivity contribution in [2.75, 3.05) is 6.61 Å². The van der Waals surface area contributed by atoms with Crippen LogP contribution in [0.3, 0.4) is 0 Å². The molecule has 19 heavy (non-hydrogen) atoms. The monoisotopic (exact) mass is 272 g/mol. The maximum atomic E-state index is 13.4. The molecule has 100 valence electrons. The lowest BCUT2D eigenvalue weighted by atomic mass is 9.98. The smallest absolute Gasteiger partial charge is 0.347 e. The number of carbonyl (C=O) groups excluding carboxylic acids is 2. The summed E-state index contributed by atoms with van der Waals surface area (Å²) in [5.41, 5.74) is -1.13. The van der Waals surface area contributed by atoms with Crippen molar-refractivity contribution in [3.63, 3.8) is 0 Å². The lowest BCUT2D eigenvalue weighted by Gasteiger charge is -2.13. The zero-order valence-electron chi connectivity index (χ0n) is 9.80. The van der Waals surface area contributed by atoms with Crippen LogP contribution in [0.2, 0.25) is 0 Å². The topological polar surface area (TPSA) is 60.0 Å². The van der Waals surface area contributed by atoms with E-state index >= 15 is 0 Å². The molecule has 0 radical (unpaired) electrons. The first-order valence-electron chi connectivity index (χ1n) is 5.41. The van der Waals surface area contributed by atoms with Crippen LogP contribution in [-0.2, 0) is 9.53 Å². The first kappa shape index (κ1) is 13.3. The van der Waals surface area contributed by atoms with Crippen LogP contribution >= 0.6 is 0 Å². The van der Waals surface area contributed by atoms with Crippen molar-refractivity contribution in [3.8, 4) is 0 Å². The van der Waals surface area contributed by atoms with Crippen molar-refractivity contribution >= 4 is 17.4 Å². The molecule has 0 fully saturated rings. The van der Waals surface area contributed by atoms with Crippen LogP contribution in [0.5, 0.6) is 0 Å². The molecule has 0 spiro atoms. The van der Waals surface area contributed by atoms with Gasteiger partial charge in [-0.2, -0.15) is 4.39 Å².